The maximum absolute atomic E-state index is 11.0. The summed E-state index contributed by atoms with van der Waals surface area (Å²) < 4.78 is 21.6. The van der Waals surface area contributed by atoms with Gasteiger partial charge in [-0.1, -0.05) is 6.07 Å². The Hall–Kier alpha value is -1.64. The molecule has 0 saturated carbocycles. The highest BCUT2D eigenvalue weighted by Gasteiger charge is 2.10. The van der Waals surface area contributed by atoms with Gasteiger partial charge in [-0.3, -0.25) is 19.9 Å². The smallest absolute Gasteiger partial charge is 0.259 e. The molecule has 0 heterocycles. The highest BCUT2D eigenvalue weighted by atomic mass is 32.2. The van der Waals surface area contributed by atoms with Gasteiger partial charge >= 0.3 is 0 Å². The van der Waals surface area contributed by atoms with Gasteiger partial charge in [-0.05, 0) is 12.1 Å². The molecule has 88 valence electrons. The van der Waals surface area contributed by atoms with E-state index in [2.05, 4.69) is 15.5 Å². The Labute approximate surface area is 94.8 Å². The van der Waals surface area contributed by atoms with Crippen LogP contribution in [0.25, 0.3) is 0 Å². The minimum Gasteiger partial charge on any atom is -0.323 e. The molecule has 16 heavy (non-hydrogen) atoms. The normalized spacial score (nSPS) is 11.7. The number of hydrogen-bond acceptors (Lipinski definition) is 4. The first kappa shape index (κ1) is 12.4. The minimum absolute atomic E-state index is 0.298. The zero-order valence-corrected chi connectivity index (χ0v) is 9.30. The molecule has 0 bridgehead atoms. The molecule has 8 heteroatoms. The summed E-state index contributed by atoms with van der Waals surface area (Å²) in [6.07, 6.45) is 0. The molecule has 1 aromatic rings. The Balaban J connectivity index is 3.14. The fourth-order valence-electron chi connectivity index (χ4n) is 1.16. The van der Waals surface area contributed by atoms with Gasteiger partial charge in [-0.25, -0.2) is 4.21 Å². The molecule has 1 atom stereocenters. The molecule has 0 spiro atoms. The first-order valence-electron chi connectivity index (χ1n) is 4.29. The molecule has 1 rings (SSSR count). The van der Waals surface area contributed by atoms with E-state index in [1.54, 1.807) is 18.2 Å². The predicted molar refractivity (Wildman–Crippen MR) is 62.9 cm³/mol. The predicted octanol–water partition coefficient (Wildman–Crippen LogP) is 0.479. The molecule has 0 saturated heterocycles. The van der Waals surface area contributed by atoms with Crippen molar-refractivity contribution in [1.29, 1.82) is 0 Å². The SMILES string of the molecule is CC(=O)Nc1c(NN)cccc1NS(=O)O. The third-order valence-electron chi connectivity index (χ3n) is 1.72. The molecule has 1 unspecified atom stereocenters. The van der Waals surface area contributed by atoms with Gasteiger partial charge in [0.05, 0.1) is 17.1 Å². The van der Waals surface area contributed by atoms with Crippen molar-refractivity contribution in [2.45, 2.75) is 6.92 Å². The molecule has 1 amide bonds. The quantitative estimate of drug-likeness (QED) is 0.300. The number of carbonyl (C=O) groups is 1. The molecule has 0 fully saturated rings. The number of carbonyl (C=O) groups excluding carboxylic acids is 1. The number of amides is 1. The van der Waals surface area contributed by atoms with Crippen LogP contribution in [0.3, 0.4) is 0 Å². The molecule has 7 nitrogen and oxygen atoms in total. The van der Waals surface area contributed by atoms with E-state index in [-0.39, 0.29) is 5.91 Å². The molecule has 0 aromatic heterocycles. The van der Waals surface area contributed by atoms with E-state index in [1.165, 1.54) is 6.92 Å². The van der Waals surface area contributed by atoms with Gasteiger partial charge in [0.1, 0.15) is 0 Å². The standard InChI is InChI=1S/C8H12N4O3S/c1-5(13)10-8-6(11-9)3-2-4-7(8)12-16(14)15/h2-4,11-12H,9H2,1H3,(H,10,13)(H,14,15). The van der Waals surface area contributed by atoms with Gasteiger partial charge in [0.2, 0.25) is 5.91 Å². The fraction of sp³-hybridized carbons (Fsp3) is 0.125. The number of nitrogens with two attached hydrogens (primary N) is 1. The van der Waals surface area contributed by atoms with Crippen LogP contribution in [0.15, 0.2) is 18.2 Å². The Morgan fingerprint density at radius 1 is 1.44 bits per heavy atom. The number of benzene rings is 1. The van der Waals surface area contributed by atoms with Crippen LogP contribution in [-0.4, -0.2) is 14.7 Å². The molecule has 0 aliphatic heterocycles. The molecule has 0 radical (unpaired) electrons. The monoisotopic (exact) mass is 244 g/mol. The summed E-state index contributed by atoms with van der Waals surface area (Å²) in [5.74, 6) is 4.95. The molecule has 0 aliphatic carbocycles. The largest absolute Gasteiger partial charge is 0.323 e. The fourth-order valence-corrected chi connectivity index (χ4v) is 1.52. The summed E-state index contributed by atoms with van der Waals surface area (Å²) in [7, 11) is 0. The minimum atomic E-state index is -2.22. The van der Waals surface area contributed by atoms with Crippen molar-refractivity contribution >= 4 is 34.2 Å². The number of nitrogens with one attached hydrogen (secondary N) is 3. The number of hydrazine groups is 1. The second kappa shape index (κ2) is 5.45. The maximum Gasteiger partial charge on any atom is 0.259 e. The average molecular weight is 244 g/mol. The van der Waals surface area contributed by atoms with Crippen LogP contribution < -0.4 is 21.3 Å². The summed E-state index contributed by atoms with van der Waals surface area (Å²) in [5, 5.41) is 2.51. The highest BCUT2D eigenvalue weighted by molar-refractivity contribution is 7.80. The summed E-state index contributed by atoms with van der Waals surface area (Å²) in [6.45, 7) is 1.33. The maximum atomic E-state index is 11.0. The molecular weight excluding hydrogens is 232 g/mol. The second-order valence-corrected chi connectivity index (χ2v) is 3.61. The third kappa shape index (κ3) is 3.19. The highest BCUT2D eigenvalue weighted by Crippen LogP contribution is 2.30. The zero-order chi connectivity index (χ0) is 12.1. The molecule has 1 aromatic carbocycles. The van der Waals surface area contributed by atoms with E-state index in [1.807, 2.05) is 0 Å². The topological polar surface area (TPSA) is 116 Å². The van der Waals surface area contributed by atoms with Crippen LogP contribution in [0.2, 0.25) is 0 Å². The molecule has 6 N–H and O–H groups in total. The number of nitrogen functional groups attached to an aromatic ring is 1. The van der Waals surface area contributed by atoms with Crippen molar-refractivity contribution in [3.8, 4) is 0 Å². The Morgan fingerprint density at radius 2 is 2.06 bits per heavy atom. The van der Waals surface area contributed by atoms with Crippen LogP contribution in [0.4, 0.5) is 17.1 Å². The Morgan fingerprint density at radius 3 is 2.56 bits per heavy atom. The summed E-state index contributed by atoms with van der Waals surface area (Å²) in [6, 6.07) is 4.78. The van der Waals surface area contributed by atoms with E-state index >= 15 is 0 Å². The summed E-state index contributed by atoms with van der Waals surface area (Å²) >= 11 is -2.22. The lowest BCUT2D eigenvalue weighted by atomic mass is 10.2. The van der Waals surface area contributed by atoms with Crippen molar-refractivity contribution in [2.24, 2.45) is 5.84 Å². The number of anilines is 3. The van der Waals surface area contributed by atoms with Gasteiger partial charge in [-0.2, -0.15) is 0 Å². The van der Waals surface area contributed by atoms with Crippen molar-refractivity contribution in [1.82, 2.24) is 0 Å². The van der Waals surface area contributed by atoms with Crippen LogP contribution in [-0.2, 0) is 16.1 Å². The van der Waals surface area contributed by atoms with Crippen molar-refractivity contribution < 1.29 is 13.6 Å². The number of hydrogen-bond donors (Lipinski definition) is 5. The van der Waals surface area contributed by atoms with Gasteiger partial charge in [0.25, 0.3) is 11.3 Å². The van der Waals surface area contributed by atoms with Gasteiger partial charge < -0.3 is 10.7 Å². The third-order valence-corrected chi connectivity index (χ3v) is 2.11. The van der Waals surface area contributed by atoms with E-state index in [4.69, 9.17) is 10.4 Å². The number of para-hydroxylation sites is 1. The van der Waals surface area contributed by atoms with Crippen LogP contribution in [0.5, 0.6) is 0 Å². The van der Waals surface area contributed by atoms with E-state index in [0.717, 1.165) is 0 Å². The molecular formula is C8H12N4O3S. The van der Waals surface area contributed by atoms with Gasteiger partial charge in [-0.15, -0.1) is 0 Å². The van der Waals surface area contributed by atoms with E-state index < -0.39 is 11.3 Å². The van der Waals surface area contributed by atoms with E-state index in [9.17, 15) is 9.00 Å². The molecule has 0 aliphatic rings. The van der Waals surface area contributed by atoms with Gasteiger partial charge in [0, 0.05) is 6.92 Å². The lowest BCUT2D eigenvalue weighted by molar-refractivity contribution is -0.114. The lowest BCUT2D eigenvalue weighted by Gasteiger charge is -2.14. The van der Waals surface area contributed by atoms with Crippen LogP contribution in [0, 0.1) is 0 Å². The van der Waals surface area contributed by atoms with Crippen LogP contribution >= 0.6 is 0 Å². The summed E-state index contributed by atoms with van der Waals surface area (Å²) in [5.41, 5.74) is 3.43. The zero-order valence-electron chi connectivity index (χ0n) is 8.48. The summed E-state index contributed by atoms with van der Waals surface area (Å²) in [4.78, 5) is 11.0. The van der Waals surface area contributed by atoms with E-state index in [0.29, 0.717) is 17.1 Å². The first-order valence-corrected chi connectivity index (χ1v) is 5.40. The van der Waals surface area contributed by atoms with Gasteiger partial charge in [0.15, 0.2) is 0 Å². The average Bonchev–Trinajstić information content (AvgIpc) is 2.19. The van der Waals surface area contributed by atoms with Crippen molar-refractivity contribution in [3.05, 3.63) is 18.2 Å². The second-order valence-electron chi connectivity index (χ2n) is 2.90. The first-order chi connectivity index (χ1) is 7.54. The van der Waals surface area contributed by atoms with Crippen molar-refractivity contribution in [3.63, 3.8) is 0 Å². The Bertz CT molecular complexity index is 424. The van der Waals surface area contributed by atoms with Crippen LogP contribution in [0.1, 0.15) is 6.92 Å². The Kier molecular flexibility index (Phi) is 4.23. The lowest BCUT2D eigenvalue weighted by Crippen LogP contribution is -2.15. The van der Waals surface area contributed by atoms with Crippen molar-refractivity contribution in [2.75, 3.05) is 15.5 Å². The number of rotatable bonds is 4.